The maximum atomic E-state index is 13.5. The summed E-state index contributed by atoms with van der Waals surface area (Å²) in [7, 11) is -3.03. The molecule has 0 aliphatic carbocycles. The SMILES string of the molecule is CC(=O)c1ccc(OCCCS(C)(=O)=O)c(F)c1. The quantitative estimate of drug-likeness (QED) is 0.586. The Morgan fingerprint density at radius 3 is 2.56 bits per heavy atom. The molecule has 100 valence electrons. The van der Waals surface area contributed by atoms with Crippen molar-refractivity contribution in [3.05, 3.63) is 29.6 Å². The molecule has 0 spiro atoms. The highest BCUT2D eigenvalue weighted by Gasteiger charge is 2.08. The van der Waals surface area contributed by atoms with Crippen molar-refractivity contribution >= 4 is 15.6 Å². The van der Waals surface area contributed by atoms with Crippen LogP contribution in [0.15, 0.2) is 18.2 Å². The van der Waals surface area contributed by atoms with Gasteiger partial charge in [0.15, 0.2) is 17.3 Å². The van der Waals surface area contributed by atoms with Crippen molar-refractivity contribution in [1.29, 1.82) is 0 Å². The molecule has 0 amide bonds. The number of benzene rings is 1. The fourth-order valence-electron chi connectivity index (χ4n) is 1.34. The predicted octanol–water partition coefficient (Wildman–Crippen LogP) is 1.84. The number of ether oxygens (including phenoxy) is 1. The van der Waals surface area contributed by atoms with Gasteiger partial charge in [0.05, 0.1) is 12.4 Å². The number of hydrogen-bond acceptors (Lipinski definition) is 4. The highest BCUT2D eigenvalue weighted by molar-refractivity contribution is 7.90. The minimum atomic E-state index is -3.03. The molecule has 0 radical (unpaired) electrons. The van der Waals surface area contributed by atoms with Gasteiger partial charge in [-0.2, -0.15) is 0 Å². The van der Waals surface area contributed by atoms with Crippen molar-refractivity contribution in [2.45, 2.75) is 13.3 Å². The van der Waals surface area contributed by atoms with Gasteiger partial charge in [0.2, 0.25) is 0 Å². The standard InChI is InChI=1S/C12H15FO4S/c1-9(14)10-4-5-12(11(13)8-10)17-6-3-7-18(2,15)16/h4-5,8H,3,6-7H2,1-2H3. The molecule has 0 atom stereocenters. The van der Waals surface area contributed by atoms with Crippen LogP contribution in [0.4, 0.5) is 4.39 Å². The van der Waals surface area contributed by atoms with Crippen molar-refractivity contribution in [3.8, 4) is 5.75 Å². The van der Waals surface area contributed by atoms with Crippen LogP contribution < -0.4 is 4.74 Å². The van der Waals surface area contributed by atoms with Gasteiger partial charge in [0.1, 0.15) is 9.84 Å². The van der Waals surface area contributed by atoms with Gasteiger partial charge in [0.25, 0.3) is 0 Å². The molecule has 0 saturated carbocycles. The van der Waals surface area contributed by atoms with E-state index in [1.165, 1.54) is 19.1 Å². The lowest BCUT2D eigenvalue weighted by atomic mass is 10.1. The van der Waals surface area contributed by atoms with E-state index in [-0.39, 0.29) is 29.5 Å². The summed E-state index contributed by atoms with van der Waals surface area (Å²) < 4.78 is 40.3. The Hall–Kier alpha value is -1.43. The maximum Gasteiger partial charge on any atom is 0.165 e. The summed E-state index contributed by atoms with van der Waals surface area (Å²) >= 11 is 0. The van der Waals surface area contributed by atoms with Crippen molar-refractivity contribution < 1.29 is 22.3 Å². The molecule has 0 saturated heterocycles. The smallest absolute Gasteiger partial charge is 0.165 e. The fraction of sp³-hybridized carbons (Fsp3) is 0.417. The summed E-state index contributed by atoms with van der Waals surface area (Å²) in [6, 6.07) is 3.94. The summed E-state index contributed by atoms with van der Waals surface area (Å²) in [5.74, 6) is -0.826. The van der Waals surface area contributed by atoms with E-state index in [0.29, 0.717) is 6.42 Å². The van der Waals surface area contributed by atoms with Gasteiger partial charge in [0, 0.05) is 11.8 Å². The number of sulfone groups is 1. The Kier molecular flexibility index (Phi) is 4.84. The molecule has 18 heavy (non-hydrogen) atoms. The largest absolute Gasteiger partial charge is 0.490 e. The van der Waals surface area contributed by atoms with E-state index in [4.69, 9.17) is 4.74 Å². The first kappa shape index (κ1) is 14.6. The average molecular weight is 274 g/mol. The monoisotopic (exact) mass is 274 g/mol. The van der Waals surface area contributed by atoms with Gasteiger partial charge < -0.3 is 4.74 Å². The number of ketones is 1. The molecule has 1 aromatic carbocycles. The van der Waals surface area contributed by atoms with Crippen molar-refractivity contribution in [3.63, 3.8) is 0 Å². The van der Waals surface area contributed by atoms with Crippen LogP contribution in [0.3, 0.4) is 0 Å². The van der Waals surface area contributed by atoms with Crippen LogP contribution in [0.1, 0.15) is 23.7 Å². The van der Waals surface area contributed by atoms with Gasteiger partial charge in [-0.25, -0.2) is 12.8 Å². The second-order valence-electron chi connectivity index (χ2n) is 4.03. The first-order valence-corrected chi connectivity index (χ1v) is 7.46. The number of Topliss-reactive ketones (excluding diaryl/α,β-unsaturated/α-hetero) is 1. The van der Waals surface area contributed by atoms with Crippen molar-refractivity contribution in [2.75, 3.05) is 18.6 Å². The van der Waals surface area contributed by atoms with Crippen LogP contribution in [0.5, 0.6) is 5.75 Å². The zero-order chi connectivity index (χ0) is 13.8. The van der Waals surface area contributed by atoms with Gasteiger partial charge in [-0.1, -0.05) is 0 Å². The molecular weight excluding hydrogens is 259 g/mol. The number of rotatable bonds is 6. The Morgan fingerprint density at radius 2 is 2.06 bits per heavy atom. The molecule has 0 bridgehead atoms. The third-order valence-corrected chi connectivity index (χ3v) is 3.29. The Bertz CT molecular complexity index is 537. The first-order chi connectivity index (χ1) is 8.29. The second kappa shape index (κ2) is 5.95. The molecule has 1 aromatic rings. The van der Waals surface area contributed by atoms with Gasteiger partial charge in [-0.3, -0.25) is 4.79 Å². The Balaban J connectivity index is 2.56. The lowest BCUT2D eigenvalue weighted by Crippen LogP contribution is -2.08. The molecule has 0 heterocycles. The Labute approximate surface area is 106 Å². The molecule has 6 heteroatoms. The van der Waals surface area contributed by atoms with Crippen molar-refractivity contribution in [2.24, 2.45) is 0 Å². The van der Waals surface area contributed by atoms with Gasteiger partial charge in [-0.05, 0) is 31.5 Å². The minimum absolute atomic E-state index is 0.000147. The summed E-state index contributed by atoms with van der Waals surface area (Å²) in [6.45, 7) is 1.46. The normalized spacial score (nSPS) is 11.3. The van der Waals surface area contributed by atoms with Crippen LogP contribution in [-0.2, 0) is 9.84 Å². The van der Waals surface area contributed by atoms with Gasteiger partial charge >= 0.3 is 0 Å². The lowest BCUT2D eigenvalue weighted by Gasteiger charge is -2.07. The Morgan fingerprint density at radius 1 is 1.39 bits per heavy atom. The predicted molar refractivity (Wildman–Crippen MR) is 66.2 cm³/mol. The summed E-state index contributed by atoms with van der Waals surface area (Å²) in [6.07, 6.45) is 1.43. The molecule has 0 aliphatic rings. The van der Waals surface area contributed by atoms with Crippen LogP contribution in [0.25, 0.3) is 0 Å². The topological polar surface area (TPSA) is 60.4 Å². The molecule has 1 rings (SSSR count). The second-order valence-corrected chi connectivity index (χ2v) is 6.29. The highest BCUT2D eigenvalue weighted by Crippen LogP contribution is 2.18. The first-order valence-electron chi connectivity index (χ1n) is 5.40. The third kappa shape index (κ3) is 4.83. The molecule has 0 N–H and O–H groups in total. The van der Waals surface area contributed by atoms with E-state index < -0.39 is 15.7 Å². The minimum Gasteiger partial charge on any atom is -0.490 e. The van der Waals surface area contributed by atoms with E-state index in [9.17, 15) is 17.6 Å². The number of carbonyl (C=O) groups is 1. The highest BCUT2D eigenvalue weighted by atomic mass is 32.2. The number of halogens is 1. The number of hydrogen-bond donors (Lipinski definition) is 0. The molecule has 0 aliphatic heterocycles. The van der Waals surface area contributed by atoms with Crippen LogP contribution in [-0.4, -0.2) is 32.8 Å². The number of carbonyl (C=O) groups excluding carboxylic acids is 1. The zero-order valence-corrected chi connectivity index (χ0v) is 11.1. The van der Waals surface area contributed by atoms with E-state index >= 15 is 0 Å². The van der Waals surface area contributed by atoms with Crippen molar-refractivity contribution in [1.82, 2.24) is 0 Å². The summed E-state index contributed by atoms with van der Waals surface area (Å²) in [5.41, 5.74) is 0.274. The average Bonchev–Trinajstić information content (AvgIpc) is 2.24. The maximum absolute atomic E-state index is 13.5. The van der Waals surface area contributed by atoms with E-state index in [0.717, 1.165) is 12.3 Å². The lowest BCUT2D eigenvalue weighted by molar-refractivity contribution is 0.101. The fourth-order valence-corrected chi connectivity index (χ4v) is 1.98. The molecule has 0 unspecified atom stereocenters. The molecule has 4 nitrogen and oxygen atoms in total. The van der Waals surface area contributed by atoms with E-state index in [1.54, 1.807) is 0 Å². The summed E-state index contributed by atoms with van der Waals surface area (Å²) in [5, 5.41) is 0. The van der Waals surface area contributed by atoms with Crippen LogP contribution >= 0.6 is 0 Å². The third-order valence-electron chi connectivity index (χ3n) is 2.26. The molecule has 0 aromatic heterocycles. The zero-order valence-electron chi connectivity index (χ0n) is 10.3. The van der Waals surface area contributed by atoms with Gasteiger partial charge in [-0.15, -0.1) is 0 Å². The molecular formula is C12H15FO4S. The summed E-state index contributed by atoms with van der Waals surface area (Å²) in [4.78, 5) is 11.0. The molecule has 0 fully saturated rings. The van der Waals surface area contributed by atoms with Crippen LogP contribution in [0, 0.1) is 5.82 Å². The van der Waals surface area contributed by atoms with E-state index in [2.05, 4.69) is 0 Å². The van der Waals surface area contributed by atoms with E-state index in [1.807, 2.05) is 0 Å². The van der Waals surface area contributed by atoms with Crippen LogP contribution in [0.2, 0.25) is 0 Å².